The minimum atomic E-state index is -0.371. The van der Waals surface area contributed by atoms with E-state index in [2.05, 4.69) is 20.8 Å². The molecule has 0 amide bonds. The first-order valence-corrected chi connectivity index (χ1v) is 7.55. The van der Waals surface area contributed by atoms with E-state index in [1.165, 1.54) is 19.3 Å². The Morgan fingerprint density at radius 1 is 1.39 bits per heavy atom. The van der Waals surface area contributed by atoms with Gasteiger partial charge in [-0.15, -0.1) is 0 Å². The van der Waals surface area contributed by atoms with Gasteiger partial charge in [-0.05, 0) is 63.7 Å². The molecule has 0 spiro atoms. The smallest absolute Gasteiger partial charge is 0.312 e. The third-order valence-corrected chi connectivity index (χ3v) is 5.78. The Morgan fingerprint density at radius 3 is 2.44 bits per heavy atom. The van der Waals surface area contributed by atoms with Crippen LogP contribution < -0.4 is 0 Å². The average Bonchev–Trinajstić information content (AvgIpc) is 2.89. The van der Waals surface area contributed by atoms with Crippen molar-refractivity contribution in [1.29, 1.82) is 0 Å². The molecule has 0 aliphatic heterocycles. The first kappa shape index (κ1) is 13.9. The van der Waals surface area contributed by atoms with E-state index in [9.17, 15) is 4.79 Å². The molecule has 2 fully saturated rings. The molecule has 0 aromatic carbocycles. The monoisotopic (exact) mass is 252 g/mol. The SMILES string of the molecule is CCC1(OC(=O)C(C)(C)C(C)C)CC2CCC1C2. The van der Waals surface area contributed by atoms with Crippen molar-refractivity contribution in [3.63, 3.8) is 0 Å². The number of hydrogen-bond acceptors (Lipinski definition) is 2. The van der Waals surface area contributed by atoms with Crippen molar-refractivity contribution in [2.45, 2.75) is 72.3 Å². The molecule has 3 atom stereocenters. The molecule has 2 aliphatic carbocycles. The molecule has 2 nitrogen and oxygen atoms in total. The standard InChI is InChI=1S/C16H28O2/c1-6-16(10-12-7-8-13(16)9-12)18-14(17)15(4,5)11(2)3/h11-13H,6-10H2,1-5H3. The molecular weight excluding hydrogens is 224 g/mol. The van der Waals surface area contributed by atoms with Crippen molar-refractivity contribution >= 4 is 5.97 Å². The van der Waals surface area contributed by atoms with E-state index in [4.69, 9.17) is 4.74 Å². The first-order valence-electron chi connectivity index (χ1n) is 7.55. The van der Waals surface area contributed by atoms with E-state index < -0.39 is 0 Å². The Kier molecular flexibility index (Phi) is 3.50. The van der Waals surface area contributed by atoms with Crippen LogP contribution in [0.1, 0.15) is 66.7 Å². The van der Waals surface area contributed by atoms with Gasteiger partial charge in [0.1, 0.15) is 5.60 Å². The van der Waals surface area contributed by atoms with Crippen molar-refractivity contribution in [2.24, 2.45) is 23.2 Å². The fourth-order valence-electron chi connectivity index (χ4n) is 3.58. The molecule has 104 valence electrons. The molecule has 0 radical (unpaired) electrons. The normalized spacial score (nSPS) is 35.2. The van der Waals surface area contributed by atoms with Gasteiger partial charge >= 0.3 is 5.97 Å². The Hall–Kier alpha value is -0.530. The van der Waals surface area contributed by atoms with E-state index in [0.717, 1.165) is 18.8 Å². The Labute approximate surface area is 111 Å². The summed E-state index contributed by atoms with van der Waals surface area (Å²) in [7, 11) is 0. The first-order chi connectivity index (χ1) is 8.32. The summed E-state index contributed by atoms with van der Waals surface area (Å²) in [4.78, 5) is 12.5. The van der Waals surface area contributed by atoms with E-state index in [0.29, 0.717) is 11.8 Å². The van der Waals surface area contributed by atoms with Crippen molar-refractivity contribution in [1.82, 2.24) is 0 Å². The number of hydrogen-bond donors (Lipinski definition) is 0. The second-order valence-corrected chi connectivity index (χ2v) is 7.26. The van der Waals surface area contributed by atoms with Crippen LogP contribution in [-0.4, -0.2) is 11.6 Å². The highest BCUT2D eigenvalue weighted by atomic mass is 16.6. The third-order valence-electron chi connectivity index (χ3n) is 5.78. The average molecular weight is 252 g/mol. The van der Waals surface area contributed by atoms with Gasteiger partial charge in [0, 0.05) is 0 Å². The highest BCUT2D eigenvalue weighted by Gasteiger charge is 2.53. The van der Waals surface area contributed by atoms with Gasteiger partial charge < -0.3 is 4.74 Å². The van der Waals surface area contributed by atoms with Crippen LogP contribution in [0.25, 0.3) is 0 Å². The zero-order valence-corrected chi connectivity index (χ0v) is 12.6. The Bertz CT molecular complexity index is 332. The summed E-state index contributed by atoms with van der Waals surface area (Å²) in [5.41, 5.74) is -0.504. The van der Waals surface area contributed by atoms with Gasteiger partial charge in [0.05, 0.1) is 5.41 Å². The lowest BCUT2D eigenvalue weighted by molar-refractivity contribution is -0.179. The van der Waals surface area contributed by atoms with E-state index >= 15 is 0 Å². The van der Waals surface area contributed by atoms with Gasteiger partial charge in [-0.2, -0.15) is 0 Å². The van der Waals surface area contributed by atoms with Crippen LogP contribution in [0.5, 0.6) is 0 Å². The summed E-state index contributed by atoms with van der Waals surface area (Å²) in [6, 6.07) is 0. The molecule has 0 heterocycles. The molecule has 2 aliphatic rings. The van der Waals surface area contributed by atoms with Gasteiger partial charge in [-0.25, -0.2) is 0 Å². The lowest BCUT2D eigenvalue weighted by Gasteiger charge is -2.40. The van der Waals surface area contributed by atoms with Gasteiger partial charge in [0.25, 0.3) is 0 Å². The summed E-state index contributed by atoms with van der Waals surface area (Å²) in [5.74, 6) is 1.76. The molecular formula is C16H28O2. The highest BCUT2D eigenvalue weighted by molar-refractivity contribution is 5.76. The van der Waals surface area contributed by atoms with E-state index in [-0.39, 0.29) is 17.0 Å². The maximum absolute atomic E-state index is 12.5. The fraction of sp³-hybridized carbons (Fsp3) is 0.938. The number of carbonyl (C=O) groups is 1. The molecule has 2 bridgehead atoms. The molecule has 0 N–H and O–H groups in total. The predicted molar refractivity (Wildman–Crippen MR) is 73.2 cm³/mol. The summed E-state index contributed by atoms with van der Waals surface area (Å²) in [6.07, 6.45) is 5.97. The van der Waals surface area contributed by atoms with Crippen molar-refractivity contribution < 1.29 is 9.53 Å². The number of rotatable bonds is 4. The molecule has 0 aromatic rings. The Balaban J connectivity index is 2.10. The van der Waals surface area contributed by atoms with Gasteiger partial charge in [0.15, 0.2) is 0 Å². The lowest BCUT2D eigenvalue weighted by Crippen LogP contribution is -2.44. The second-order valence-electron chi connectivity index (χ2n) is 7.26. The molecule has 3 unspecified atom stereocenters. The number of ether oxygens (including phenoxy) is 1. The summed E-state index contributed by atoms with van der Waals surface area (Å²) in [5, 5.41) is 0. The van der Waals surface area contributed by atoms with Crippen LogP contribution in [0.2, 0.25) is 0 Å². The third kappa shape index (κ3) is 2.08. The van der Waals surface area contributed by atoms with Gasteiger partial charge in [-0.3, -0.25) is 4.79 Å². The molecule has 2 saturated carbocycles. The van der Waals surface area contributed by atoms with Crippen LogP contribution in [-0.2, 0) is 9.53 Å². The minimum Gasteiger partial charge on any atom is -0.458 e. The zero-order valence-electron chi connectivity index (χ0n) is 12.6. The molecule has 2 heteroatoms. The Morgan fingerprint density at radius 2 is 2.06 bits per heavy atom. The van der Waals surface area contributed by atoms with Gasteiger partial charge in [-0.1, -0.05) is 20.8 Å². The molecule has 18 heavy (non-hydrogen) atoms. The van der Waals surface area contributed by atoms with Crippen molar-refractivity contribution in [3.8, 4) is 0 Å². The van der Waals surface area contributed by atoms with E-state index in [1.54, 1.807) is 0 Å². The number of carbonyl (C=O) groups excluding carboxylic acids is 1. The predicted octanol–water partition coefficient (Wildman–Crippen LogP) is 4.18. The zero-order chi connectivity index (χ0) is 13.6. The van der Waals surface area contributed by atoms with Crippen LogP contribution in [0.15, 0.2) is 0 Å². The maximum Gasteiger partial charge on any atom is 0.312 e. The van der Waals surface area contributed by atoms with Crippen molar-refractivity contribution in [3.05, 3.63) is 0 Å². The van der Waals surface area contributed by atoms with Crippen LogP contribution >= 0.6 is 0 Å². The maximum atomic E-state index is 12.5. The van der Waals surface area contributed by atoms with Gasteiger partial charge in [0.2, 0.25) is 0 Å². The minimum absolute atomic E-state index is 0.00639. The number of esters is 1. The molecule has 0 aromatic heterocycles. The lowest BCUT2D eigenvalue weighted by atomic mass is 9.79. The number of fused-ring (bicyclic) bond motifs is 2. The summed E-state index contributed by atoms with van der Waals surface area (Å²) >= 11 is 0. The quantitative estimate of drug-likeness (QED) is 0.702. The molecule has 2 rings (SSSR count). The summed E-state index contributed by atoms with van der Waals surface area (Å²) in [6.45, 7) is 10.4. The van der Waals surface area contributed by atoms with E-state index in [1.807, 2.05) is 13.8 Å². The molecule has 0 saturated heterocycles. The second kappa shape index (κ2) is 4.54. The van der Waals surface area contributed by atoms with Crippen LogP contribution in [0.3, 0.4) is 0 Å². The van der Waals surface area contributed by atoms with Crippen LogP contribution in [0.4, 0.5) is 0 Å². The highest BCUT2D eigenvalue weighted by Crippen LogP contribution is 2.54. The topological polar surface area (TPSA) is 26.3 Å². The fourth-order valence-corrected chi connectivity index (χ4v) is 3.58. The van der Waals surface area contributed by atoms with Crippen LogP contribution in [0, 0.1) is 23.2 Å². The van der Waals surface area contributed by atoms with Crippen molar-refractivity contribution in [2.75, 3.05) is 0 Å². The largest absolute Gasteiger partial charge is 0.458 e. The summed E-state index contributed by atoms with van der Waals surface area (Å²) < 4.78 is 6.07.